The third-order valence-corrected chi connectivity index (χ3v) is 2.09. The van der Waals surface area contributed by atoms with E-state index in [1.807, 2.05) is 0 Å². The molecule has 9 heteroatoms. The Balaban J connectivity index is 3.11. The number of halogens is 3. The molecule has 0 fully saturated rings. The zero-order valence-electron chi connectivity index (χ0n) is 9.95. The molecule has 106 valence electrons. The minimum atomic E-state index is -4.90. The van der Waals surface area contributed by atoms with Gasteiger partial charge in [-0.2, -0.15) is 0 Å². The second-order valence-electron chi connectivity index (χ2n) is 3.48. The topological polar surface area (TPSA) is 100 Å². The van der Waals surface area contributed by atoms with Gasteiger partial charge >= 0.3 is 12.3 Å². The third-order valence-electron chi connectivity index (χ3n) is 2.09. The molecular formula is C10H12F3N3O3. The highest BCUT2D eigenvalue weighted by Gasteiger charge is 2.33. The van der Waals surface area contributed by atoms with E-state index in [-0.39, 0.29) is 30.0 Å². The van der Waals surface area contributed by atoms with Gasteiger partial charge in [-0.1, -0.05) is 0 Å². The van der Waals surface area contributed by atoms with E-state index in [2.05, 4.69) is 14.5 Å². The first-order valence-corrected chi connectivity index (χ1v) is 5.07. The maximum absolute atomic E-state index is 12.2. The first-order valence-electron chi connectivity index (χ1n) is 5.07. The van der Waals surface area contributed by atoms with Crippen LogP contribution in [0.1, 0.15) is 11.4 Å². The van der Waals surface area contributed by atoms with Crippen molar-refractivity contribution in [2.24, 2.45) is 5.73 Å². The molecule has 4 N–H and O–H groups in total. The van der Waals surface area contributed by atoms with Crippen LogP contribution in [0.5, 0.6) is 5.75 Å². The maximum atomic E-state index is 12.2. The van der Waals surface area contributed by atoms with Gasteiger partial charge in [-0.3, -0.25) is 9.78 Å². The van der Waals surface area contributed by atoms with Gasteiger partial charge in [-0.15, -0.1) is 13.2 Å². The highest BCUT2D eigenvalue weighted by atomic mass is 19.4. The molecule has 1 rings (SSSR count). The summed E-state index contributed by atoms with van der Waals surface area (Å²) < 4.78 is 44.7. The summed E-state index contributed by atoms with van der Waals surface area (Å²) in [5.74, 6) is -1.25. The molecule has 0 atom stereocenters. The number of hydrogen-bond acceptors (Lipinski definition) is 6. The molecule has 0 radical (unpaired) electrons. The van der Waals surface area contributed by atoms with Crippen molar-refractivity contribution in [2.45, 2.75) is 19.3 Å². The monoisotopic (exact) mass is 279 g/mol. The minimum Gasteiger partial charge on any atom is -0.469 e. The summed E-state index contributed by atoms with van der Waals surface area (Å²) in [5, 5.41) is 0. The summed E-state index contributed by atoms with van der Waals surface area (Å²) in [6, 6.07) is 1.11. The second kappa shape index (κ2) is 5.74. The van der Waals surface area contributed by atoms with Crippen LogP contribution in [0.25, 0.3) is 0 Å². The Morgan fingerprint density at radius 3 is 2.58 bits per heavy atom. The smallest absolute Gasteiger partial charge is 0.469 e. The number of ether oxygens (including phenoxy) is 2. The molecule has 0 aliphatic heterocycles. The average Bonchev–Trinajstić information content (AvgIpc) is 2.30. The minimum absolute atomic E-state index is 0.152. The molecule has 1 heterocycles. The highest BCUT2D eigenvalue weighted by molar-refractivity contribution is 5.72. The molecule has 19 heavy (non-hydrogen) atoms. The SMILES string of the molecule is COC(=O)Cc1cc(N)c(OC(F)(F)F)c(CN)n1. The highest BCUT2D eigenvalue weighted by Crippen LogP contribution is 2.31. The first kappa shape index (κ1) is 15.0. The maximum Gasteiger partial charge on any atom is 0.573 e. The van der Waals surface area contributed by atoms with Gasteiger partial charge in [-0.05, 0) is 6.07 Å². The van der Waals surface area contributed by atoms with Crippen molar-refractivity contribution in [3.05, 3.63) is 17.5 Å². The third kappa shape index (κ3) is 4.28. The Hall–Kier alpha value is -2.03. The number of nitrogens with zero attached hydrogens (tertiary/aromatic N) is 1. The fourth-order valence-electron chi connectivity index (χ4n) is 1.35. The van der Waals surface area contributed by atoms with Crippen molar-refractivity contribution in [3.63, 3.8) is 0 Å². The fourth-order valence-corrected chi connectivity index (χ4v) is 1.35. The number of esters is 1. The number of carbonyl (C=O) groups is 1. The van der Waals surface area contributed by atoms with Crippen molar-refractivity contribution in [1.29, 1.82) is 0 Å². The number of carbonyl (C=O) groups excluding carboxylic acids is 1. The molecule has 0 saturated carbocycles. The normalized spacial score (nSPS) is 11.2. The van der Waals surface area contributed by atoms with Gasteiger partial charge in [0, 0.05) is 6.54 Å². The van der Waals surface area contributed by atoms with Crippen molar-refractivity contribution in [3.8, 4) is 5.75 Å². The molecule has 0 saturated heterocycles. The number of methoxy groups -OCH3 is 1. The summed E-state index contributed by atoms with van der Waals surface area (Å²) in [6.45, 7) is -0.315. The Bertz CT molecular complexity index is 477. The van der Waals surface area contributed by atoms with Crippen molar-refractivity contribution < 1.29 is 27.4 Å². The molecular weight excluding hydrogens is 267 g/mol. The van der Waals surface area contributed by atoms with Crippen LogP contribution in [0.15, 0.2) is 6.07 Å². The van der Waals surface area contributed by atoms with Gasteiger partial charge < -0.3 is 20.9 Å². The van der Waals surface area contributed by atoms with E-state index >= 15 is 0 Å². The van der Waals surface area contributed by atoms with E-state index < -0.39 is 18.1 Å². The zero-order chi connectivity index (χ0) is 14.6. The van der Waals surface area contributed by atoms with Gasteiger partial charge in [0.15, 0.2) is 5.75 Å². The molecule has 0 aromatic carbocycles. The van der Waals surface area contributed by atoms with Gasteiger partial charge in [0.2, 0.25) is 0 Å². The summed E-state index contributed by atoms with van der Waals surface area (Å²) in [4.78, 5) is 14.9. The van der Waals surface area contributed by atoms with Gasteiger partial charge in [0.1, 0.15) is 0 Å². The molecule has 0 aliphatic carbocycles. The number of rotatable bonds is 4. The predicted octanol–water partition coefficient (Wildman–Crippen LogP) is 0.737. The predicted molar refractivity (Wildman–Crippen MR) is 58.9 cm³/mol. The zero-order valence-corrected chi connectivity index (χ0v) is 9.95. The Morgan fingerprint density at radius 1 is 1.47 bits per heavy atom. The molecule has 6 nitrogen and oxygen atoms in total. The molecule has 0 unspecified atom stereocenters. The van der Waals surface area contributed by atoms with Crippen LogP contribution in [-0.4, -0.2) is 24.4 Å². The molecule has 0 aliphatic rings. The van der Waals surface area contributed by atoms with Gasteiger partial charge in [-0.25, -0.2) is 0 Å². The van der Waals surface area contributed by atoms with Gasteiger partial charge in [0.25, 0.3) is 0 Å². The van der Waals surface area contributed by atoms with Crippen LogP contribution in [0.2, 0.25) is 0 Å². The summed E-state index contributed by atoms with van der Waals surface area (Å²) in [5.41, 5.74) is 10.4. The summed E-state index contributed by atoms with van der Waals surface area (Å²) in [7, 11) is 1.18. The van der Waals surface area contributed by atoms with E-state index in [4.69, 9.17) is 11.5 Å². The quantitative estimate of drug-likeness (QED) is 0.788. The number of aromatic nitrogens is 1. The second-order valence-corrected chi connectivity index (χ2v) is 3.48. The van der Waals surface area contributed by atoms with Crippen LogP contribution >= 0.6 is 0 Å². The van der Waals surface area contributed by atoms with E-state index in [0.717, 1.165) is 6.07 Å². The lowest BCUT2D eigenvalue weighted by Gasteiger charge is -2.15. The molecule has 0 spiro atoms. The van der Waals surface area contributed by atoms with E-state index in [0.29, 0.717) is 0 Å². The van der Waals surface area contributed by atoms with Crippen molar-refractivity contribution >= 4 is 11.7 Å². The number of pyridine rings is 1. The van der Waals surface area contributed by atoms with Crippen LogP contribution in [-0.2, 0) is 22.5 Å². The lowest BCUT2D eigenvalue weighted by Crippen LogP contribution is -2.21. The number of alkyl halides is 3. The fraction of sp³-hybridized carbons (Fsp3) is 0.400. The molecule has 1 aromatic rings. The first-order chi connectivity index (χ1) is 8.76. The van der Waals surface area contributed by atoms with Crippen LogP contribution in [0.3, 0.4) is 0 Å². The van der Waals surface area contributed by atoms with E-state index in [1.54, 1.807) is 0 Å². The molecule has 0 bridgehead atoms. The molecule has 1 aromatic heterocycles. The number of anilines is 1. The number of nitrogens with two attached hydrogens (primary N) is 2. The Kier molecular flexibility index (Phi) is 4.54. The largest absolute Gasteiger partial charge is 0.573 e. The van der Waals surface area contributed by atoms with E-state index in [9.17, 15) is 18.0 Å². The Morgan fingerprint density at radius 2 is 2.11 bits per heavy atom. The van der Waals surface area contributed by atoms with E-state index in [1.165, 1.54) is 7.11 Å². The van der Waals surface area contributed by atoms with Crippen LogP contribution in [0.4, 0.5) is 18.9 Å². The number of nitrogen functional groups attached to an aromatic ring is 1. The summed E-state index contributed by atoms with van der Waals surface area (Å²) in [6.07, 6.45) is -5.12. The lowest BCUT2D eigenvalue weighted by molar-refractivity contribution is -0.274. The Labute approximate surface area is 106 Å². The average molecular weight is 279 g/mol. The van der Waals surface area contributed by atoms with Gasteiger partial charge in [0.05, 0.1) is 30.6 Å². The van der Waals surface area contributed by atoms with Crippen LogP contribution in [0, 0.1) is 0 Å². The molecule has 0 amide bonds. The van der Waals surface area contributed by atoms with Crippen molar-refractivity contribution in [1.82, 2.24) is 4.98 Å². The van der Waals surface area contributed by atoms with Crippen LogP contribution < -0.4 is 16.2 Å². The summed E-state index contributed by atoms with van der Waals surface area (Å²) >= 11 is 0. The lowest BCUT2D eigenvalue weighted by atomic mass is 10.2. The standard InChI is InChI=1S/C10H12F3N3O3/c1-18-8(17)3-5-2-6(15)9(7(4-14)16-5)19-10(11,12)13/h2H,3-4,14H2,1H3,(H2,15,16). The number of hydrogen-bond donors (Lipinski definition) is 2. The van der Waals surface area contributed by atoms with Crippen molar-refractivity contribution in [2.75, 3.05) is 12.8 Å².